The van der Waals surface area contributed by atoms with Gasteiger partial charge in [0.15, 0.2) is 0 Å². The van der Waals surface area contributed by atoms with Gasteiger partial charge in [-0.05, 0) is 13.8 Å². The summed E-state index contributed by atoms with van der Waals surface area (Å²) in [6, 6.07) is 0. The Morgan fingerprint density at radius 2 is 1.71 bits per heavy atom. The molecular formula is C9H14F3N5. The summed E-state index contributed by atoms with van der Waals surface area (Å²) in [5.41, 5.74) is 5.37. The molecule has 17 heavy (non-hydrogen) atoms. The van der Waals surface area contributed by atoms with Gasteiger partial charge in [0.1, 0.15) is 12.2 Å². The number of aromatic nitrogens is 3. The first-order valence-electron chi connectivity index (χ1n) is 5.17. The first-order valence-corrected chi connectivity index (χ1v) is 5.17. The van der Waals surface area contributed by atoms with Crippen molar-refractivity contribution in [1.82, 2.24) is 15.0 Å². The van der Waals surface area contributed by atoms with E-state index < -0.39 is 12.6 Å². The average Bonchev–Trinajstić information content (AvgIpc) is 2.15. The minimum atomic E-state index is -4.35. The molecular weight excluding hydrogens is 235 g/mol. The SMILES string of the molecule is CCN(CC)c1nc(N)nc(CC(F)(F)F)n1. The summed E-state index contributed by atoms with van der Waals surface area (Å²) in [7, 11) is 0. The summed E-state index contributed by atoms with van der Waals surface area (Å²) in [5.74, 6) is -0.366. The minimum Gasteiger partial charge on any atom is -0.368 e. The molecule has 0 amide bonds. The molecule has 0 fully saturated rings. The van der Waals surface area contributed by atoms with Crippen LogP contribution in [0.15, 0.2) is 0 Å². The maximum atomic E-state index is 12.2. The van der Waals surface area contributed by atoms with Crippen LogP contribution in [0.1, 0.15) is 19.7 Å². The summed E-state index contributed by atoms with van der Waals surface area (Å²) >= 11 is 0. The summed E-state index contributed by atoms with van der Waals surface area (Å²) < 4.78 is 36.6. The third-order valence-electron chi connectivity index (χ3n) is 2.09. The van der Waals surface area contributed by atoms with Crippen LogP contribution in [0, 0.1) is 0 Å². The standard InChI is InChI=1S/C9H14F3N5/c1-3-17(4-2)8-15-6(5-9(10,11)12)14-7(13)16-8/h3-5H2,1-2H3,(H2,13,14,15,16). The van der Waals surface area contributed by atoms with Gasteiger partial charge in [0.25, 0.3) is 0 Å². The highest BCUT2D eigenvalue weighted by molar-refractivity contribution is 5.34. The molecule has 1 rings (SSSR count). The Bertz CT molecular complexity index is 375. The number of anilines is 2. The Balaban J connectivity index is 3.01. The smallest absolute Gasteiger partial charge is 0.368 e. The molecule has 0 atom stereocenters. The number of hydrogen-bond donors (Lipinski definition) is 1. The number of alkyl halides is 3. The van der Waals surface area contributed by atoms with Crippen LogP contribution in [0.2, 0.25) is 0 Å². The third-order valence-corrected chi connectivity index (χ3v) is 2.09. The molecule has 0 saturated carbocycles. The highest BCUT2D eigenvalue weighted by atomic mass is 19.4. The van der Waals surface area contributed by atoms with Crippen molar-refractivity contribution >= 4 is 11.9 Å². The molecule has 1 aromatic rings. The van der Waals surface area contributed by atoms with Crippen molar-refractivity contribution in [2.45, 2.75) is 26.4 Å². The van der Waals surface area contributed by atoms with Gasteiger partial charge in [0.2, 0.25) is 11.9 Å². The van der Waals surface area contributed by atoms with E-state index in [1.54, 1.807) is 4.90 Å². The van der Waals surface area contributed by atoms with Gasteiger partial charge in [-0.15, -0.1) is 0 Å². The van der Waals surface area contributed by atoms with E-state index in [-0.39, 0.29) is 17.7 Å². The maximum absolute atomic E-state index is 12.2. The lowest BCUT2D eigenvalue weighted by Crippen LogP contribution is -2.26. The van der Waals surface area contributed by atoms with E-state index in [1.807, 2.05) is 13.8 Å². The third kappa shape index (κ3) is 4.04. The van der Waals surface area contributed by atoms with Crippen molar-refractivity contribution in [1.29, 1.82) is 0 Å². The predicted molar refractivity (Wildman–Crippen MR) is 57.6 cm³/mol. The molecule has 0 unspecified atom stereocenters. The summed E-state index contributed by atoms with van der Waals surface area (Å²) in [6.45, 7) is 4.89. The van der Waals surface area contributed by atoms with Crippen LogP contribution in [-0.2, 0) is 6.42 Å². The van der Waals surface area contributed by atoms with E-state index in [0.29, 0.717) is 13.1 Å². The average molecular weight is 249 g/mol. The molecule has 0 spiro atoms. The lowest BCUT2D eigenvalue weighted by Gasteiger charge is -2.19. The maximum Gasteiger partial charge on any atom is 0.396 e. The van der Waals surface area contributed by atoms with Gasteiger partial charge < -0.3 is 10.6 Å². The van der Waals surface area contributed by atoms with Gasteiger partial charge in [-0.25, -0.2) is 0 Å². The van der Waals surface area contributed by atoms with Gasteiger partial charge in [-0.1, -0.05) is 0 Å². The van der Waals surface area contributed by atoms with E-state index >= 15 is 0 Å². The van der Waals surface area contributed by atoms with Crippen LogP contribution in [0.5, 0.6) is 0 Å². The molecule has 8 heteroatoms. The molecule has 1 aromatic heterocycles. The lowest BCUT2D eigenvalue weighted by atomic mass is 10.4. The van der Waals surface area contributed by atoms with Crippen LogP contribution in [0.3, 0.4) is 0 Å². The van der Waals surface area contributed by atoms with E-state index in [9.17, 15) is 13.2 Å². The molecule has 96 valence electrons. The second kappa shape index (κ2) is 5.15. The van der Waals surface area contributed by atoms with Gasteiger partial charge in [0, 0.05) is 13.1 Å². The number of nitrogen functional groups attached to an aromatic ring is 1. The quantitative estimate of drug-likeness (QED) is 0.873. The van der Waals surface area contributed by atoms with Crippen molar-refractivity contribution in [3.63, 3.8) is 0 Å². The minimum absolute atomic E-state index is 0.182. The Morgan fingerprint density at radius 1 is 1.12 bits per heavy atom. The number of hydrogen-bond acceptors (Lipinski definition) is 5. The highest BCUT2D eigenvalue weighted by Crippen LogP contribution is 2.20. The second-order valence-corrected chi connectivity index (χ2v) is 3.37. The van der Waals surface area contributed by atoms with Crippen molar-refractivity contribution in [2.75, 3.05) is 23.7 Å². The predicted octanol–water partition coefficient (Wildman–Crippen LogP) is 1.40. The van der Waals surface area contributed by atoms with Crippen LogP contribution in [-0.4, -0.2) is 34.2 Å². The highest BCUT2D eigenvalue weighted by Gasteiger charge is 2.30. The van der Waals surface area contributed by atoms with Crippen LogP contribution < -0.4 is 10.6 Å². The topological polar surface area (TPSA) is 67.9 Å². The van der Waals surface area contributed by atoms with Crippen molar-refractivity contribution in [2.24, 2.45) is 0 Å². The zero-order valence-corrected chi connectivity index (χ0v) is 9.62. The number of halogens is 3. The molecule has 0 bridgehead atoms. The normalized spacial score (nSPS) is 11.6. The molecule has 5 nitrogen and oxygen atoms in total. The van der Waals surface area contributed by atoms with Crippen molar-refractivity contribution in [3.05, 3.63) is 5.82 Å². The van der Waals surface area contributed by atoms with Gasteiger partial charge in [0.05, 0.1) is 0 Å². The molecule has 2 N–H and O–H groups in total. The molecule has 0 aromatic carbocycles. The Hall–Kier alpha value is -1.60. The number of rotatable bonds is 4. The van der Waals surface area contributed by atoms with E-state index in [1.165, 1.54) is 0 Å². The summed E-state index contributed by atoms with van der Waals surface area (Å²) in [6.07, 6.45) is -5.55. The number of nitrogens with two attached hydrogens (primary N) is 1. The zero-order valence-electron chi connectivity index (χ0n) is 9.62. The fourth-order valence-electron chi connectivity index (χ4n) is 1.33. The van der Waals surface area contributed by atoms with E-state index in [2.05, 4.69) is 15.0 Å². The van der Waals surface area contributed by atoms with Crippen molar-refractivity contribution < 1.29 is 13.2 Å². The Kier molecular flexibility index (Phi) is 4.08. The fourth-order valence-corrected chi connectivity index (χ4v) is 1.33. The van der Waals surface area contributed by atoms with Gasteiger partial charge >= 0.3 is 6.18 Å². The van der Waals surface area contributed by atoms with Crippen LogP contribution in [0.4, 0.5) is 25.1 Å². The van der Waals surface area contributed by atoms with E-state index in [0.717, 1.165) is 0 Å². The largest absolute Gasteiger partial charge is 0.396 e. The summed E-state index contributed by atoms with van der Waals surface area (Å²) in [4.78, 5) is 12.8. The van der Waals surface area contributed by atoms with Crippen LogP contribution in [0.25, 0.3) is 0 Å². The zero-order chi connectivity index (χ0) is 13.1. The first kappa shape index (κ1) is 13.5. The van der Waals surface area contributed by atoms with E-state index in [4.69, 9.17) is 5.73 Å². The van der Waals surface area contributed by atoms with Gasteiger partial charge in [-0.3, -0.25) is 0 Å². The lowest BCUT2D eigenvalue weighted by molar-refractivity contribution is -0.128. The Labute approximate surface area is 96.9 Å². The first-order chi connectivity index (χ1) is 7.85. The molecule has 1 heterocycles. The monoisotopic (exact) mass is 249 g/mol. The molecule has 0 saturated heterocycles. The second-order valence-electron chi connectivity index (χ2n) is 3.37. The fraction of sp³-hybridized carbons (Fsp3) is 0.667. The Morgan fingerprint density at radius 3 is 2.18 bits per heavy atom. The van der Waals surface area contributed by atoms with Gasteiger partial charge in [-0.2, -0.15) is 28.1 Å². The number of nitrogens with zero attached hydrogens (tertiary/aromatic N) is 4. The molecule has 0 radical (unpaired) electrons. The van der Waals surface area contributed by atoms with Crippen LogP contribution >= 0.6 is 0 Å². The molecule has 0 aliphatic heterocycles. The molecule has 0 aliphatic rings. The summed E-state index contributed by atoms with van der Waals surface area (Å²) in [5, 5.41) is 0. The van der Waals surface area contributed by atoms with Crippen molar-refractivity contribution in [3.8, 4) is 0 Å². The molecule has 0 aliphatic carbocycles.